The van der Waals surface area contributed by atoms with E-state index in [2.05, 4.69) is 21.9 Å². The standard InChI is InChI=1S/C26H32ClN5O4/c1-26(2)35-21-15(12-19-20(28)23(27)30-14-29-19)11-16(22(21)36-26)13-31(3)9-6-10-32-24(33)17-7-4-5-8-18(17)25(32)34/h4-5,7-8,14-16,21-22H,6,9-13,28H2,1-3H3/t15-,16+,21-,22+/m0/s1. The summed E-state index contributed by atoms with van der Waals surface area (Å²) in [7, 11) is 2.06. The fourth-order valence-corrected chi connectivity index (χ4v) is 5.99. The predicted molar refractivity (Wildman–Crippen MR) is 135 cm³/mol. The van der Waals surface area contributed by atoms with E-state index in [-0.39, 0.29) is 41.0 Å². The molecule has 4 atom stereocenters. The summed E-state index contributed by atoms with van der Waals surface area (Å²) in [6, 6.07) is 6.99. The molecule has 192 valence electrons. The minimum atomic E-state index is -0.648. The lowest BCUT2D eigenvalue weighted by atomic mass is 9.97. The highest BCUT2D eigenvalue weighted by Gasteiger charge is 2.53. The monoisotopic (exact) mass is 513 g/mol. The SMILES string of the molecule is CN(CCCN1C(=O)c2ccccc2C1=O)C[C@H]1C[C@@H](Cc2ncnc(Cl)c2N)[C@@H]2OC(C)(C)O[C@H]12. The number of amides is 2. The van der Waals surface area contributed by atoms with Gasteiger partial charge in [0.25, 0.3) is 11.8 Å². The van der Waals surface area contributed by atoms with Crippen LogP contribution in [0, 0.1) is 11.8 Å². The Morgan fingerprint density at radius 2 is 1.75 bits per heavy atom. The van der Waals surface area contributed by atoms with Crippen molar-refractivity contribution in [2.75, 3.05) is 32.4 Å². The molecule has 9 nitrogen and oxygen atoms in total. The Balaban J connectivity index is 1.18. The van der Waals surface area contributed by atoms with Gasteiger partial charge in [-0.15, -0.1) is 0 Å². The van der Waals surface area contributed by atoms with Gasteiger partial charge in [0, 0.05) is 19.0 Å². The summed E-state index contributed by atoms with van der Waals surface area (Å²) in [4.78, 5) is 37.1. The van der Waals surface area contributed by atoms with E-state index in [0.29, 0.717) is 36.2 Å². The first-order valence-corrected chi connectivity index (χ1v) is 12.8. The maximum Gasteiger partial charge on any atom is 0.261 e. The Morgan fingerprint density at radius 1 is 1.11 bits per heavy atom. The van der Waals surface area contributed by atoms with E-state index in [4.69, 9.17) is 26.8 Å². The molecule has 2 N–H and O–H groups in total. The van der Waals surface area contributed by atoms with Crippen molar-refractivity contribution in [1.29, 1.82) is 0 Å². The summed E-state index contributed by atoms with van der Waals surface area (Å²) >= 11 is 6.11. The van der Waals surface area contributed by atoms with E-state index in [1.54, 1.807) is 24.3 Å². The molecule has 0 spiro atoms. The van der Waals surface area contributed by atoms with Crippen LogP contribution in [0.2, 0.25) is 5.15 Å². The second-order valence-corrected chi connectivity index (χ2v) is 10.8. The van der Waals surface area contributed by atoms with Gasteiger partial charge in [0.1, 0.15) is 6.33 Å². The molecule has 2 aliphatic heterocycles. The van der Waals surface area contributed by atoms with Crippen LogP contribution in [0.3, 0.4) is 0 Å². The van der Waals surface area contributed by atoms with Crippen LogP contribution in [0.5, 0.6) is 0 Å². The second kappa shape index (κ2) is 9.70. The van der Waals surface area contributed by atoms with E-state index < -0.39 is 5.79 Å². The first kappa shape index (κ1) is 25.1. The lowest BCUT2D eigenvalue weighted by Crippen LogP contribution is -2.36. The average Bonchev–Trinajstić information content (AvgIpc) is 3.40. The van der Waals surface area contributed by atoms with Crippen molar-refractivity contribution in [2.24, 2.45) is 11.8 Å². The zero-order valence-corrected chi connectivity index (χ0v) is 21.6. The molecule has 5 rings (SSSR count). The first-order chi connectivity index (χ1) is 17.1. The highest BCUT2D eigenvalue weighted by Crippen LogP contribution is 2.46. The number of imide groups is 1. The quantitative estimate of drug-likeness (QED) is 0.423. The smallest absolute Gasteiger partial charge is 0.261 e. The first-order valence-electron chi connectivity index (χ1n) is 12.4. The molecule has 3 aliphatic rings. The number of hydrogen-bond acceptors (Lipinski definition) is 8. The number of ether oxygens (including phenoxy) is 2. The number of benzene rings is 1. The molecule has 10 heteroatoms. The molecule has 1 aromatic carbocycles. The van der Waals surface area contributed by atoms with Gasteiger partial charge in [0.05, 0.1) is 34.7 Å². The number of anilines is 1. The van der Waals surface area contributed by atoms with Gasteiger partial charge in [0.15, 0.2) is 10.9 Å². The number of aromatic nitrogens is 2. The number of halogens is 1. The minimum Gasteiger partial charge on any atom is -0.395 e. The number of fused-ring (bicyclic) bond motifs is 2. The molecule has 1 saturated heterocycles. The highest BCUT2D eigenvalue weighted by atomic mass is 35.5. The molecule has 1 saturated carbocycles. The Labute approximate surface area is 215 Å². The molecule has 0 bridgehead atoms. The zero-order chi connectivity index (χ0) is 25.6. The fourth-order valence-electron chi connectivity index (χ4n) is 5.83. The van der Waals surface area contributed by atoms with Gasteiger partial charge in [-0.25, -0.2) is 9.97 Å². The van der Waals surface area contributed by atoms with Crippen molar-refractivity contribution in [3.05, 3.63) is 52.6 Å². The van der Waals surface area contributed by atoms with Gasteiger partial charge < -0.3 is 20.1 Å². The summed E-state index contributed by atoms with van der Waals surface area (Å²) in [5.74, 6) is -0.595. The maximum atomic E-state index is 12.6. The summed E-state index contributed by atoms with van der Waals surface area (Å²) in [6.07, 6.45) is 3.62. The highest BCUT2D eigenvalue weighted by molar-refractivity contribution is 6.31. The van der Waals surface area contributed by atoms with Crippen LogP contribution in [0.1, 0.15) is 53.1 Å². The van der Waals surface area contributed by atoms with Crippen molar-refractivity contribution in [2.45, 2.75) is 51.1 Å². The van der Waals surface area contributed by atoms with E-state index in [0.717, 1.165) is 25.2 Å². The Morgan fingerprint density at radius 3 is 2.42 bits per heavy atom. The number of nitrogen functional groups attached to an aromatic ring is 1. The predicted octanol–water partition coefficient (Wildman–Crippen LogP) is 3.03. The Hall–Kier alpha value is -2.59. The number of carbonyl (C=O) groups excluding carboxylic acids is 2. The molecule has 36 heavy (non-hydrogen) atoms. The molecular weight excluding hydrogens is 482 g/mol. The number of nitrogens with two attached hydrogens (primary N) is 1. The average molecular weight is 514 g/mol. The largest absolute Gasteiger partial charge is 0.395 e. The van der Waals surface area contributed by atoms with Crippen LogP contribution < -0.4 is 5.73 Å². The summed E-state index contributed by atoms with van der Waals surface area (Å²) in [5, 5.41) is 0.271. The van der Waals surface area contributed by atoms with Crippen LogP contribution in [0.4, 0.5) is 5.69 Å². The molecule has 0 unspecified atom stereocenters. The third-order valence-corrected chi connectivity index (χ3v) is 7.72. The van der Waals surface area contributed by atoms with Crippen molar-refractivity contribution in [1.82, 2.24) is 19.8 Å². The van der Waals surface area contributed by atoms with Crippen molar-refractivity contribution < 1.29 is 19.1 Å². The minimum absolute atomic E-state index is 0.0257. The number of rotatable bonds is 8. The fraction of sp³-hybridized carbons (Fsp3) is 0.538. The number of carbonyl (C=O) groups is 2. The van der Waals surface area contributed by atoms with E-state index in [1.807, 2.05) is 13.8 Å². The van der Waals surface area contributed by atoms with Gasteiger partial charge in [-0.3, -0.25) is 14.5 Å². The lowest BCUT2D eigenvalue weighted by Gasteiger charge is -2.27. The molecule has 0 radical (unpaired) electrons. The van der Waals surface area contributed by atoms with Crippen LogP contribution in [-0.2, 0) is 15.9 Å². The topological polar surface area (TPSA) is 111 Å². The van der Waals surface area contributed by atoms with Crippen molar-refractivity contribution in [3.63, 3.8) is 0 Å². The Kier molecular flexibility index (Phi) is 6.76. The van der Waals surface area contributed by atoms with Crippen molar-refractivity contribution in [3.8, 4) is 0 Å². The maximum absolute atomic E-state index is 12.6. The van der Waals surface area contributed by atoms with E-state index in [9.17, 15) is 9.59 Å². The van der Waals surface area contributed by atoms with Crippen LogP contribution in [0.25, 0.3) is 0 Å². The molecule has 1 aliphatic carbocycles. The zero-order valence-electron chi connectivity index (χ0n) is 20.8. The van der Waals surface area contributed by atoms with Gasteiger partial charge in [-0.05, 0) is 64.8 Å². The molecule has 1 aromatic heterocycles. The molecule has 3 heterocycles. The Bertz CT molecular complexity index is 1140. The molecular formula is C26H32ClN5O4. The van der Waals surface area contributed by atoms with Gasteiger partial charge in [-0.1, -0.05) is 23.7 Å². The van der Waals surface area contributed by atoms with E-state index in [1.165, 1.54) is 11.2 Å². The summed E-state index contributed by atoms with van der Waals surface area (Å²) in [6.45, 7) is 5.86. The van der Waals surface area contributed by atoms with Crippen LogP contribution in [-0.4, -0.2) is 76.3 Å². The van der Waals surface area contributed by atoms with Crippen LogP contribution >= 0.6 is 11.6 Å². The molecule has 2 fully saturated rings. The third-order valence-electron chi connectivity index (χ3n) is 7.42. The number of hydrogen-bond donors (Lipinski definition) is 1. The molecule has 2 amide bonds. The van der Waals surface area contributed by atoms with E-state index >= 15 is 0 Å². The van der Waals surface area contributed by atoms with Gasteiger partial charge in [-0.2, -0.15) is 0 Å². The number of nitrogens with zero attached hydrogens (tertiary/aromatic N) is 4. The lowest BCUT2D eigenvalue weighted by molar-refractivity contribution is -0.161. The molecule has 2 aromatic rings. The summed E-state index contributed by atoms with van der Waals surface area (Å²) < 4.78 is 12.6. The second-order valence-electron chi connectivity index (χ2n) is 10.5. The van der Waals surface area contributed by atoms with Gasteiger partial charge in [0.2, 0.25) is 0 Å². The summed E-state index contributed by atoms with van der Waals surface area (Å²) in [5.41, 5.74) is 8.27. The van der Waals surface area contributed by atoms with Crippen molar-refractivity contribution >= 4 is 29.1 Å². The third kappa shape index (κ3) is 4.72. The van der Waals surface area contributed by atoms with Gasteiger partial charge >= 0.3 is 0 Å². The normalized spacial score (nSPS) is 26.6. The van der Waals surface area contributed by atoms with Crippen LogP contribution in [0.15, 0.2) is 30.6 Å².